The van der Waals surface area contributed by atoms with Gasteiger partial charge >= 0.3 is 6.18 Å². The zero-order chi connectivity index (χ0) is 21.7. The van der Waals surface area contributed by atoms with Crippen molar-refractivity contribution in [2.75, 3.05) is 28.6 Å². The number of alkyl halides is 3. The Morgan fingerprint density at radius 2 is 1.39 bits per heavy atom. The van der Waals surface area contributed by atoms with E-state index >= 15 is 0 Å². The summed E-state index contributed by atoms with van der Waals surface area (Å²) in [5.74, 6) is 1.31. The Balaban J connectivity index is 1.51. The molecule has 0 aliphatic carbocycles. The van der Waals surface area contributed by atoms with E-state index in [1.165, 1.54) is 6.07 Å². The molecule has 9 heteroatoms. The molecule has 0 unspecified atom stereocenters. The van der Waals surface area contributed by atoms with Crippen LogP contribution in [0.25, 0.3) is 0 Å². The molecule has 1 aliphatic heterocycles. The predicted octanol–water partition coefficient (Wildman–Crippen LogP) is 4.71. The Bertz CT molecular complexity index is 1000. The van der Waals surface area contributed by atoms with Crippen LogP contribution < -0.4 is 15.5 Å². The Labute approximate surface area is 178 Å². The van der Waals surface area contributed by atoms with Crippen molar-refractivity contribution in [3.8, 4) is 0 Å². The van der Waals surface area contributed by atoms with Crippen LogP contribution >= 0.6 is 0 Å². The van der Waals surface area contributed by atoms with Crippen LogP contribution in [0.3, 0.4) is 0 Å². The molecule has 3 aromatic rings. The standard InChI is InChI=1S/C22H23F3N6/c23-22(24,25)18-10-6-9-17(13-18)15-27-20-28-19(26-14-16-7-2-1-3-8-16)29-21(30-20)31-11-4-5-12-31/h1-3,6-10,13H,4-5,11-12,14-15H2,(H2,26,27,28,29,30). The second-order valence-corrected chi connectivity index (χ2v) is 7.37. The largest absolute Gasteiger partial charge is 0.416 e. The van der Waals surface area contributed by atoms with Crippen molar-refractivity contribution in [2.24, 2.45) is 0 Å². The minimum atomic E-state index is -4.37. The average Bonchev–Trinajstić information content (AvgIpc) is 3.32. The zero-order valence-electron chi connectivity index (χ0n) is 16.9. The van der Waals surface area contributed by atoms with Crippen LogP contribution in [0.15, 0.2) is 54.6 Å². The fourth-order valence-electron chi connectivity index (χ4n) is 3.40. The highest BCUT2D eigenvalue weighted by Crippen LogP contribution is 2.29. The van der Waals surface area contributed by atoms with Crippen molar-refractivity contribution in [2.45, 2.75) is 32.1 Å². The highest BCUT2D eigenvalue weighted by molar-refractivity contribution is 5.45. The molecule has 0 radical (unpaired) electrons. The molecule has 1 fully saturated rings. The van der Waals surface area contributed by atoms with Crippen molar-refractivity contribution in [3.05, 3.63) is 71.3 Å². The van der Waals surface area contributed by atoms with Crippen LogP contribution in [-0.4, -0.2) is 28.0 Å². The SMILES string of the molecule is FC(F)(F)c1cccc(CNc2nc(NCc3ccccc3)nc(N3CCCC3)n2)c1. The topological polar surface area (TPSA) is 66.0 Å². The Morgan fingerprint density at radius 3 is 2.03 bits per heavy atom. The maximum atomic E-state index is 13.0. The van der Waals surface area contributed by atoms with Gasteiger partial charge in [-0.3, -0.25) is 0 Å². The summed E-state index contributed by atoms with van der Waals surface area (Å²) in [6.45, 7) is 2.47. The van der Waals surface area contributed by atoms with Gasteiger partial charge in [-0.15, -0.1) is 0 Å². The first-order chi connectivity index (χ1) is 15.0. The number of aromatic nitrogens is 3. The van der Waals surface area contributed by atoms with E-state index in [9.17, 15) is 13.2 Å². The lowest BCUT2D eigenvalue weighted by molar-refractivity contribution is -0.137. The maximum absolute atomic E-state index is 13.0. The molecule has 2 heterocycles. The van der Waals surface area contributed by atoms with E-state index < -0.39 is 11.7 Å². The molecule has 1 saturated heterocycles. The molecule has 1 aromatic heterocycles. The van der Waals surface area contributed by atoms with Crippen molar-refractivity contribution < 1.29 is 13.2 Å². The third-order valence-electron chi connectivity index (χ3n) is 5.01. The summed E-state index contributed by atoms with van der Waals surface area (Å²) < 4.78 is 38.9. The summed E-state index contributed by atoms with van der Waals surface area (Å²) in [6, 6.07) is 15.1. The average molecular weight is 428 g/mol. The summed E-state index contributed by atoms with van der Waals surface area (Å²) in [5.41, 5.74) is 0.909. The molecule has 2 N–H and O–H groups in total. The van der Waals surface area contributed by atoms with Crippen molar-refractivity contribution >= 4 is 17.8 Å². The van der Waals surface area contributed by atoms with Crippen LogP contribution in [0.5, 0.6) is 0 Å². The van der Waals surface area contributed by atoms with Crippen LogP contribution in [0.2, 0.25) is 0 Å². The Morgan fingerprint density at radius 1 is 0.774 bits per heavy atom. The number of anilines is 3. The van der Waals surface area contributed by atoms with E-state index in [1.54, 1.807) is 6.07 Å². The van der Waals surface area contributed by atoms with E-state index in [1.807, 2.05) is 30.3 Å². The molecule has 2 aromatic carbocycles. The highest BCUT2D eigenvalue weighted by atomic mass is 19.4. The van der Waals surface area contributed by atoms with Gasteiger partial charge in [0.1, 0.15) is 0 Å². The molecule has 162 valence electrons. The van der Waals surface area contributed by atoms with Crippen LogP contribution in [0.4, 0.5) is 31.0 Å². The second kappa shape index (κ2) is 9.20. The Kier molecular flexibility index (Phi) is 6.20. The maximum Gasteiger partial charge on any atom is 0.416 e. The normalized spacial score (nSPS) is 14.0. The van der Waals surface area contributed by atoms with Crippen LogP contribution in [-0.2, 0) is 19.3 Å². The van der Waals surface area contributed by atoms with E-state index in [2.05, 4.69) is 30.5 Å². The molecule has 1 aliphatic rings. The molecule has 4 rings (SSSR count). The highest BCUT2D eigenvalue weighted by Gasteiger charge is 2.30. The first-order valence-corrected chi connectivity index (χ1v) is 10.2. The summed E-state index contributed by atoms with van der Waals surface area (Å²) in [6.07, 6.45) is -2.22. The van der Waals surface area contributed by atoms with E-state index in [-0.39, 0.29) is 6.54 Å². The quantitative estimate of drug-likeness (QED) is 0.568. The Hall–Kier alpha value is -3.36. The molecule has 0 atom stereocenters. The molecule has 0 saturated carbocycles. The number of halogens is 3. The van der Waals surface area contributed by atoms with Crippen molar-refractivity contribution in [1.82, 2.24) is 15.0 Å². The minimum Gasteiger partial charge on any atom is -0.350 e. The number of hydrogen-bond acceptors (Lipinski definition) is 6. The number of rotatable bonds is 7. The first-order valence-electron chi connectivity index (χ1n) is 10.2. The van der Waals surface area contributed by atoms with Gasteiger partial charge in [0.05, 0.1) is 5.56 Å². The van der Waals surface area contributed by atoms with Crippen LogP contribution in [0.1, 0.15) is 29.5 Å². The lowest BCUT2D eigenvalue weighted by atomic mass is 10.1. The third-order valence-corrected chi connectivity index (χ3v) is 5.01. The van der Waals surface area contributed by atoms with Gasteiger partial charge < -0.3 is 15.5 Å². The van der Waals surface area contributed by atoms with E-state index in [4.69, 9.17) is 0 Å². The van der Waals surface area contributed by atoms with Gasteiger partial charge in [0.2, 0.25) is 17.8 Å². The molecule has 0 spiro atoms. The lowest BCUT2D eigenvalue weighted by Crippen LogP contribution is -2.22. The first kappa shape index (κ1) is 20.9. The van der Waals surface area contributed by atoms with Gasteiger partial charge in [-0.25, -0.2) is 0 Å². The number of nitrogens with one attached hydrogen (secondary N) is 2. The summed E-state index contributed by atoms with van der Waals surface area (Å²) in [4.78, 5) is 15.5. The van der Waals surface area contributed by atoms with Crippen molar-refractivity contribution in [1.29, 1.82) is 0 Å². The number of hydrogen-bond donors (Lipinski definition) is 2. The summed E-state index contributed by atoms with van der Waals surface area (Å²) >= 11 is 0. The third kappa shape index (κ3) is 5.62. The molecule has 6 nitrogen and oxygen atoms in total. The van der Waals surface area contributed by atoms with Gasteiger partial charge in [-0.1, -0.05) is 42.5 Å². The number of benzene rings is 2. The van der Waals surface area contributed by atoms with E-state index in [0.717, 1.165) is 43.6 Å². The van der Waals surface area contributed by atoms with Gasteiger partial charge in [0, 0.05) is 26.2 Å². The second-order valence-electron chi connectivity index (χ2n) is 7.37. The smallest absolute Gasteiger partial charge is 0.350 e. The monoisotopic (exact) mass is 428 g/mol. The summed E-state index contributed by atoms with van der Waals surface area (Å²) in [5, 5.41) is 6.26. The van der Waals surface area contributed by atoms with Crippen molar-refractivity contribution in [3.63, 3.8) is 0 Å². The fourth-order valence-corrected chi connectivity index (χ4v) is 3.40. The molecular formula is C22H23F3N6. The number of nitrogens with zero attached hydrogens (tertiary/aromatic N) is 4. The lowest BCUT2D eigenvalue weighted by Gasteiger charge is -2.17. The molecule has 31 heavy (non-hydrogen) atoms. The van der Waals surface area contributed by atoms with Gasteiger partial charge in [0.15, 0.2) is 0 Å². The fraction of sp³-hybridized carbons (Fsp3) is 0.318. The van der Waals surface area contributed by atoms with E-state index in [0.29, 0.717) is 30.0 Å². The summed E-state index contributed by atoms with van der Waals surface area (Å²) in [7, 11) is 0. The molecule has 0 bridgehead atoms. The molecular weight excluding hydrogens is 405 g/mol. The zero-order valence-corrected chi connectivity index (χ0v) is 16.9. The van der Waals surface area contributed by atoms with Crippen LogP contribution in [0, 0.1) is 0 Å². The molecule has 0 amide bonds. The van der Waals surface area contributed by atoms with Gasteiger partial charge in [-0.2, -0.15) is 28.1 Å². The van der Waals surface area contributed by atoms with Gasteiger partial charge in [-0.05, 0) is 36.1 Å². The minimum absolute atomic E-state index is 0.172. The predicted molar refractivity (Wildman–Crippen MR) is 114 cm³/mol. The van der Waals surface area contributed by atoms with Gasteiger partial charge in [0.25, 0.3) is 0 Å².